The summed E-state index contributed by atoms with van der Waals surface area (Å²) in [5.74, 6) is 1.81. The van der Waals surface area contributed by atoms with Crippen LogP contribution in [0.2, 0.25) is 0 Å². The van der Waals surface area contributed by atoms with Gasteiger partial charge in [-0.25, -0.2) is 0 Å². The first-order valence-corrected chi connectivity index (χ1v) is 8.14. The number of carbonyl (C=O) groups is 1. The molecule has 2 aromatic rings. The van der Waals surface area contributed by atoms with E-state index in [4.69, 9.17) is 9.47 Å². The van der Waals surface area contributed by atoms with Crippen molar-refractivity contribution in [3.8, 4) is 11.5 Å². The Hall–Kier alpha value is -2.75. The van der Waals surface area contributed by atoms with E-state index in [1.165, 1.54) is 11.6 Å². The van der Waals surface area contributed by atoms with E-state index in [-0.39, 0.29) is 12.7 Å². The topological polar surface area (TPSA) is 47.6 Å². The van der Waals surface area contributed by atoms with Gasteiger partial charge in [0.2, 0.25) is 12.7 Å². The van der Waals surface area contributed by atoms with Gasteiger partial charge < -0.3 is 14.8 Å². The van der Waals surface area contributed by atoms with Crippen molar-refractivity contribution in [2.24, 2.45) is 0 Å². The van der Waals surface area contributed by atoms with Gasteiger partial charge in [-0.2, -0.15) is 0 Å². The number of fused-ring (bicyclic) bond motifs is 1. The SMILES string of the molecule is CC[C@@H](C)c1ccc(NC(=O)/C=C/c2ccc3c(c2)OCO3)cc1. The van der Waals surface area contributed by atoms with Crippen molar-refractivity contribution in [3.63, 3.8) is 0 Å². The molecule has 0 unspecified atom stereocenters. The number of anilines is 1. The van der Waals surface area contributed by atoms with Crippen molar-refractivity contribution >= 4 is 17.7 Å². The first kappa shape index (κ1) is 16.1. The quantitative estimate of drug-likeness (QED) is 0.819. The minimum Gasteiger partial charge on any atom is -0.454 e. The molecule has 0 fully saturated rings. The molecular formula is C20H21NO3. The van der Waals surface area contributed by atoms with Crippen molar-refractivity contribution < 1.29 is 14.3 Å². The second-order valence-electron chi connectivity index (χ2n) is 5.87. The second kappa shape index (κ2) is 7.21. The molecule has 1 amide bonds. The standard InChI is InChI=1S/C20H21NO3/c1-3-14(2)16-6-8-17(9-7-16)21-20(22)11-5-15-4-10-18-19(12-15)24-13-23-18/h4-12,14H,3,13H2,1-2H3,(H,21,22)/b11-5+/t14-/m1/s1. The van der Waals surface area contributed by atoms with E-state index < -0.39 is 0 Å². The Morgan fingerprint density at radius 1 is 1.17 bits per heavy atom. The molecule has 1 aliphatic rings. The van der Waals surface area contributed by atoms with E-state index in [0.717, 1.165) is 23.4 Å². The van der Waals surface area contributed by atoms with Gasteiger partial charge in [0.1, 0.15) is 0 Å². The maximum absolute atomic E-state index is 12.0. The van der Waals surface area contributed by atoms with E-state index in [9.17, 15) is 4.79 Å². The lowest BCUT2D eigenvalue weighted by Gasteiger charge is -2.09. The normalized spacial score (nSPS) is 13.9. The van der Waals surface area contributed by atoms with Gasteiger partial charge in [-0.15, -0.1) is 0 Å². The Kier molecular flexibility index (Phi) is 4.85. The Morgan fingerprint density at radius 3 is 2.67 bits per heavy atom. The van der Waals surface area contributed by atoms with Crippen LogP contribution in [0.1, 0.15) is 37.3 Å². The summed E-state index contributed by atoms with van der Waals surface area (Å²) >= 11 is 0. The van der Waals surface area contributed by atoms with Gasteiger partial charge in [0.05, 0.1) is 0 Å². The second-order valence-corrected chi connectivity index (χ2v) is 5.87. The molecule has 0 saturated carbocycles. The summed E-state index contributed by atoms with van der Waals surface area (Å²) < 4.78 is 10.6. The Labute approximate surface area is 142 Å². The smallest absolute Gasteiger partial charge is 0.248 e. The van der Waals surface area contributed by atoms with Gasteiger partial charge in [-0.05, 0) is 53.8 Å². The highest BCUT2D eigenvalue weighted by Crippen LogP contribution is 2.32. The minimum absolute atomic E-state index is 0.163. The van der Waals surface area contributed by atoms with Crippen LogP contribution in [-0.2, 0) is 4.79 Å². The summed E-state index contributed by atoms with van der Waals surface area (Å²) in [5, 5.41) is 2.87. The highest BCUT2D eigenvalue weighted by Gasteiger charge is 2.12. The van der Waals surface area contributed by atoms with Crippen molar-refractivity contribution in [2.45, 2.75) is 26.2 Å². The maximum atomic E-state index is 12.0. The number of carbonyl (C=O) groups excluding carboxylic acids is 1. The zero-order valence-electron chi connectivity index (χ0n) is 13.9. The zero-order valence-corrected chi connectivity index (χ0v) is 13.9. The average molecular weight is 323 g/mol. The monoisotopic (exact) mass is 323 g/mol. The molecule has 24 heavy (non-hydrogen) atoms. The molecular weight excluding hydrogens is 302 g/mol. The van der Waals surface area contributed by atoms with Crippen molar-refractivity contribution in [1.82, 2.24) is 0 Å². The molecule has 0 radical (unpaired) electrons. The number of benzene rings is 2. The van der Waals surface area contributed by atoms with Gasteiger partial charge in [0, 0.05) is 11.8 Å². The van der Waals surface area contributed by atoms with Crippen molar-refractivity contribution in [2.75, 3.05) is 12.1 Å². The average Bonchev–Trinajstić information content (AvgIpc) is 3.07. The fourth-order valence-electron chi connectivity index (χ4n) is 2.50. The van der Waals surface area contributed by atoms with Gasteiger partial charge in [-0.1, -0.05) is 32.0 Å². The number of hydrogen-bond acceptors (Lipinski definition) is 3. The van der Waals surface area contributed by atoms with Crippen LogP contribution < -0.4 is 14.8 Å². The number of amides is 1. The van der Waals surface area contributed by atoms with E-state index in [1.807, 2.05) is 30.3 Å². The molecule has 1 N–H and O–H groups in total. The molecule has 124 valence electrons. The first-order valence-electron chi connectivity index (χ1n) is 8.14. The van der Waals surface area contributed by atoms with Gasteiger partial charge in [-0.3, -0.25) is 4.79 Å². The highest BCUT2D eigenvalue weighted by atomic mass is 16.7. The lowest BCUT2D eigenvalue weighted by Crippen LogP contribution is -2.07. The van der Waals surface area contributed by atoms with Crippen LogP contribution in [0.5, 0.6) is 11.5 Å². The Morgan fingerprint density at radius 2 is 1.92 bits per heavy atom. The molecule has 4 nitrogen and oxygen atoms in total. The minimum atomic E-state index is -0.163. The fraction of sp³-hybridized carbons (Fsp3) is 0.250. The summed E-state index contributed by atoms with van der Waals surface area (Å²) in [4.78, 5) is 12.0. The van der Waals surface area contributed by atoms with Crippen LogP contribution in [0.25, 0.3) is 6.08 Å². The summed E-state index contributed by atoms with van der Waals surface area (Å²) in [5.41, 5.74) is 2.97. The number of ether oxygens (including phenoxy) is 2. The molecule has 1 heterocycles. The molecule has 0 aliphatic carbocycles. The highest BCUT2D eigenvalue weighted by molar-refractivity contribution is 6.01. The van der Waals surface area contributed by atoms with Crippen LogP contribution in [-0.4, -0.2) is 12.7 Å². The zero-order chi connectivity index (χ0) is 16.9. The predicted octanol–water partition coefficient (Wildman–Crippen LogP) is 4.58. The van der Waals surface area contributed by atoms with Crippen LogP contribution in [0.3, 0.4) is 0 Å². The lowest BCUT2D eigenvalue weighted by molar-refractivity contribution is -0.111. The lowest BCUT2D eigenvalue weighted by atomic mass is 9.99. The number of rotatable bonds is 5. The largest absolute Gasteiger partial charge is 0.454 e. The predicted molar refractivity (Wildman–Crippen MR) is 95.4 cm³/mol. The van der Waals surface area contributed by atoms with Gasteiger partial charge in [0.25, 0.3) is 0 Å². The van der Waals surface area contributed by atoms with Crippen LogP contribution in [0.4, 0.5) is 5.69 Å². The molecule has 1 atom stereocenters. The van der Waals surface area contributed by atoms with E-state index >= 15 is 0 Å². The molecule has 2 aromatic carbocycles. The van der Waals surface area contributed by atoms with Gasteiger partial charge in [0.15, 0.2) is 11.5 Å². The third kappa shape index (κ3) is 3.77. The molecule has 0 saturated heterocycles. The van der Waals surface area contributed by atoms with Crippen LogP contribution >= 0.6 is 0 Å². The van der Waals surface area contributed by atoms with Gasteiger partial charge >= 0.3 is 0 Å². The van der Waals surface area contributed by atoms with E-state index in [0.29, 0.717) is 11.7 Å². The number of hydrogen-bond donors (Lipinski definition) is 1. The van der Waals surface area contributed by atoms with E-state index in [2.05, 4.69) is 31.3 Å². The molecule has 0 aromatic heterocycles. The third-order valence-electron chi connectivity index (χ3n) is 4.18. The molecule has 1 aliphatic heterocycles. The van der Waals surface area contributed by atoms with Crippen LogP contribution in [0, 0.1) is 0 Å². The molecule has 4 heteroatoms. The van der Waals surface area contributed by atoms with Crippen LogP contribution in [0.15, 0.2) is 48.5 Å². The Bertz CT molecular complexity index is 750. The maximum Gasteiger partial charge on any atom is 0.248 e. The molecule has 0 spiro atoms. The number of nitrogens with one attached hydrogen (secondary N) is 1. The third-order valence-corrected chi connectivity index (χ3v) is 4.18. The fourth-order valence-corrected chi connectivity index (χ4v) is 2.50. The van der Waals surface area contributed by atoms with Crippen molar-refractivity contribution in [1.29, 1.82) is 0 Å². The van der Waals surface area contributed by atoms with Crippen molar-refractivity contribution in [3.05, 3.63) is 59.7 Å². The Balaban J connectivity index is 1.61. The summed E-state index contributed by atoms with van der Waals surface area (Å²) in [7, 11) is 0. The summed E-state index contributed by atoms with van der Waals surface area (Å²) in [6, 6.07) is 13.6. The van der Waals surface area contributed by atoms with E-state index in [1.54, 1.807) is 6.08 Å². The molecule has 0 bridgehead atoms. The molecule has 3 rings (SSSR count). The summed E-state index contributed by atoms with van der Waals surface area (Å²) in [6.07, 6.45) is 4.37. The summed E-state index contributed by atoms with van der Waals surface area (Å²) in [6.45, 7) is 4.61. The first-order chi connectivity index (χ1) is 11.7.